The molecule has 0 radical (unpaired) electrons. The van der Waals surface area contributed by atoms with Gasteiger partial charge in [0, 0.05) is 37.2 Å². The lowest BCUT2D eigenvalue weighted by molar-refractivity contribution is -0.260. The summed E-state index contributed by atoms with van der Waals surface area (Å²) < 4.78 is 36.4. The number of hydrogen-bond donors (Lipinski definition) is 1. The van der Waals surface area contributed by atoms with Gasteiger partial charge in [-0.15, -0.1) is 0 Å². The first-order chi connectivity index (χ1) is 17.5. The van der Waals surface area contributed by atoms with E-state index >= 15 is 0 Å². The van der Waals surface area contributed by atoms with E-state index in [1.54, 1.807) is 6.92 Å². The molecule has 5 aliphatic rings. The van der Waals surface area contributed by atoms with Gasteiger partial charge in [0.2, 0.25) is 0 Å². The topological polar surface area (TPSA) is 113 Å². The second-order valence-electron chi connectivity index (χ2n) is 12.2. The summed E-state index contributed by atoms with van der Waals surface area (Å²) in [5.74, 6) is -0.911. The minimum atomic E-state index is -1.34. The van der Waals surface area contributed by atoms with Crippen molar-refractivity contribution in [2.75, 3.05) is 26.4 Å². The Morgan fingerprint density at radius 1 is 1.27 bits per heavy atom. The first-order valence-electron chi connectivity index (χ1n) is 13.8. The maximum Gasteiger partial charge on any atom is 0.308 e. The van der Waals surface area contributed by atoms with Crippen molar-refractivity contribution >= 4 is 11.9 Å². The van der Waals surface area contributed by atoms with E-state index in [0.29, 0.717) is 13.2 Å². The van der Waals surface area contributed by atoms with Crippen LogP contribution in [0, 0.1) is 10.8 Å². The number of aliphatic hydroxyl groups is 1. The van der Waals surface area contributed by atoms with Gasteiger partial charge in [0.25, 0.3) is 0 Å². The minimum absolute atomic E-state index is 0.0428. The molecule has 1 spiro atoms. The van der Waals surface area contributed by atoms with Crippen molar-refractivity contribution in [2.24, 2.45) is 10.8 Å². The maximum atomic E-state index is 13.0. The fourth-order valence-corrected chi connectivity index (χ4v) is 7.24. The quantitative estimate of drug-likeness (QED) is 0.277. The molecule has 9 heteroatoms. The third-order valence-corrected chi connectivity index (χ3v) is 9.63. The Balaban J connectivity index is 1.35. The second-order valence-corrected chi connectivity index (χ2v) is 12.2. The molecule has 8 atom stereocenters. The molecule has 9 nitrogen and oxygen atoms in total. The van der Waals surface area contributed by atoms with Crippen molar-refractivity contribution in [1.29, 1.82) is 0 Å². The number of fused-ring (bicyclic) bond motifs is 2. The van der Waals surface area contributed by atoms with Crippen LogP contribution in [-0.2, 0) is 38.0 Å². The van der Waals surface area contributed by atoms with Crippen LogP contribution in [0.2, 0.25) is 0 Å². The van der Waals surface area contributed by atoms with E-state index in [-0.39, 0.29) is 50.7 Å². The van der Waals surface area contributed by atoms with E-state index in [0.717, 1.165) is 38.5 Å². The molecule has 0 aromatic carbocycles. The van der Waals surface area contributed by atoms with Crippen molar-refractivity contribution in [3.8, 4) is 0 Å². The maximum absolute atomic E-state index is 13.0. The summed E-state index contributed by atoms with van der Waals surface area (Å²) in [7, 11) is 0. The van der Waals surface area contributed by atoms with Crippen molar-refractivity contribution in [1.82, 2.24) is 0 Å². The summed E-state index contributed by atoms with van der Waals surface area (Å²) in [6, 6.07) is 0. The van der Waals surface area contributed by atoms with Crippen molar-refractivity contribution < 1.29 is 43.1 Å². The van der Waals surface area contributed by atoms with Crippen LogP contribution in [0.4, 0.5) is 0 Å². The highest BCUT2D eigenvalue weighted by atomic mass is 16.7. The molecule has 208 valence electrons. The summed E-state index contributed by atoms with van der Waals surface area (Å²) in [5, 5.41) is 10.7. The van der Waals surface area contributed by atoms with E-state index in [1.165, 1.54) is 12.5 Å². The second kappa shape index (κ2) is 9.90. The molecule has 3 heterocycles. The molecular formula is C28H42O9. The third kappa shape index (κ3) is 4.75. The standard InChI is InChI=1S/C28H42O9/c1-18-8-9-27(16-34-23(30)15-25(3,31)10-12-32-19(2)29)21(13-18)36-22-14-20(26(27,4)28(22)17-35-28)37-24-7-5-6-11-33-24/h13,20-22,24,31H,5-12,14-17H2,1-4H3/t20-,21-,22-,24?,25?,26-,27-,28?/m1/s1. The summed E-state index contributed by atoms with van der Waals surface area (Å²) in [5.41, 5.74) is -1.51. The minimum Gasteiger partial charge on any atom is -0.466 e. The van der Waals surface area contributed by atoms with Gasteiger partial charge in [-0.25, -0.2) is 0 Å². The van der Waals surface area contributed by atoms with Crippen LogP contribution < -0.4 is 0 Å². The molecule has 3 saturated heterocycles. The molecule has 0 aromatic heterocycles. The fourth-order valence-electron chi connectivity index (χ4n) is 7.24. The van der Waals surface area contributed by atoms with E-state index in [2.05, 4.69) is 19.9 Å². The Morgan fingerprint density at radius 3 is 2.73 bits per heavy atom. The molecule has 2 aliphatic carbocycles. The fraction of sp³-hybridized carbons (Fsp3) is 0.857. The molecule has 37 heavy (non-hydrogen) atoms. The van der Waals surface area contributed by atoms with Crippen LogP contribution >= 0.6 is 0 Å². The third-order valence-electron chi connectivity index (χ3n) is 9.63. The lowest BCUT2D eigenvalue weighted by atomic mass is 9.51. The number of rotatable bonds is 9. The average molecular weight is 523 g/mol. The SMILES string of the molecule is CC(=O)OCCC(C)(O)CC(=O)OC[C@]12CCC(C)=C[C@H]1O[C@@H]1C[C@@H](OC3CCCCO3)[C@@]2(C)C12CO2. The van der Waals surface area contributed by atoms with Gasteiger partial charge >= 0.3 is 11.9 Å². The predicted molar refractivity (Wildman–Crippen MR) is 131 cm³/mol. The summed E-state index contributed by atoms with van der Waals surface area (Å²) >= 11 is 0. The smallest absolute Gasteiger partial charge is 0.308 e. The van der Waals surface area contributed by atoms with Gasteiger partial charge < -0.3 is 33.5 Å². The highest BCUT2D eigenvalue weighted by Crippen LogP contribution is 2.72. The monoisotopic (exact) mass is 522 g/mol. The number of ether oxygens (including phenoxy) is 6. The molecule has 1 saturated carbocycles. The van der Waals surface area contributed by atoms with Crippen molar-refractivity contribution in [3.05, 3.63) is 11.6 Å². The number of carbonyl (C=O) groups is 2. The molecule has 3 unspecified atom stereocenters. The zero-order chi connectivity index (χ0) is 26.5. The summed E-state index contributed by atoms with van der Waals surface area (Å²) in [4.78, 5) is 24.0. The lowest BCUT2D eigenvalue weighted by Crippen LogP contribution is -2.67. The van der Waals surface area contributed by atoms with Crippen molar-refractivity contribution in [2.45, 2.75) is 115 Å². The van der Waals surface area contributed by atoms with Crippen LogP contribution in [0.25, 0.3) is 0 Å². The van der Waals surface area contributed by atoms with Gasteiger partial charge in [0.15, 0.2) is 6.29 Å². The molecule has 0 amide bonds. The molecule has 1 N–H and O–H groups in total. The van der Waals surface area contributed by atoms with Crippen molar-refractivity contribution in [3.63, 3.8) is 0 Å². The van der Waals surface area contributed by atoms with Gasteiger partial charge in [-0.2, -0.15) is 0 Å². The number of allylic oxidation sites excluding steroid dienone is 1. The van der Waals surface area contributed by atoms with Crippen LogP contribution in [0.5, 0.6) is 0 Å². The lowest BCUT2D eigenvalue weighted by Gasteiger charge is -2.58. The molecular weight excluding hydrogens is 480 g/mol. The van der Waals surface area contributed by atoms with Gasteiger partial charge in [-0.05, 0) is 46.0 Å². The molecule has 0 aromatic rings. The molecule has 3 aliphatic heterocycles. The normalized spacial score (nSPS) is 41.9. The molecule has 4 fully saturated rings. The summed E-state index contributed by atoms with van der Waals surface area (Å²) in [6.07, 6.45) is 6.85. The zero-order valence-electron chi connectivity index (χ0n) is 22.6. The first-order valence-corrected chi connectivity index (χ1v) is 13.8. The first kappa shape index (κ1) is 27.1. The van der Waals surface area contributed by atoms with Crippen LogP contribution in [0.15, 0.2) is 11.6 Å². The Bertz CT molecular complexity index is 919. The van der Waals surface area contributed by atoms with Crippen LogP contribution in [0.1, 0.15) is 79.1 Å². The Kier molecular flexibility index (Phi) is 7.24. The van der Waals surface area contributed by atoms with Gasteiger partial charge in [0.05, 0.1) is 43.5 Å². The average Bonchev–Trinajstić information content (AvgIpc) is 3.61. The van der Waals surface area contributed by atoms with E-state index in [4.69, 9.17) is 28.4 Å². The predicted octanol–water partition coefficient (Wildman–Crippen LogP) is 3.21. The number of hydrogen-bond acceptors (Lipinski definition) is 9. The number of carbonyl (C=O) groups excluding carboxylic acids is 2. The Hall–Kier alpha value is -1.52. The molecule has 5 rings (SSSR count). The zero-order valence-corrected chi connectivity index (χ0v) is 22.6. The highest BCUT2D eigenvalue weighted by Gasteiger charge is 2.82. The largest absolute Gasteiger partial charge is 0.466 e. The summed E-state index contributed by atoms with van der Waals surface area (Å²) in [6.45, 7) is 8.73. The number of esters is 2. The van der Waals surface area contributed by atoms with Crippen LogP contribution in [-0.4, -0.2) is 79.3 Å². The molecule has 2 bridgehead atoms. The van der Waals surface area contributed by atoms with Gasteiger partial charge in [-0.1, -0.05) is 18.6 Å². The van der Waals surface area contributed by atoms with E-state index < -0.39 is 34.0 Å². The number of epoxide rings is 1. The Morgan fingerprint density at radius 2 is 2.05 bits per heavy atom. The highest BCUT2D eigenvalue weighted by molar-refractivity contribution is 5.70. The van der Waals surface area contributed by atoms with E-state index in [9.17, 15) is 14.7 Å². The van der Waals surface area contributed by atoms with Gasteiger partial charge in [-0.3, -0.25) is 9.59 Å². The van der Waals surface area contributed by atoms with Gasteiger partial charge in [0.1, 0.15) is 12.2 Å². The van der Waals surface area contributed by atoms with Crippen LogP contribution in [0.3, 0.4) is 0 Å². The van der Waals surface area contributed by atoms with E-state index in [1.807, 2.05) is 0 Å². The Labute approximate surface area is 219 Å².